The number of rotatable bonds is 5. The van der Waals surface area contributed by atoms with E-state index in [0.29, 0.717) is 0 Å². The van der Waals surface area contributed by atoms with Crippen LogP contribution in [-0.2, 0) is 12.3 Å². The summed E-state index contributed by atoms with van der Waals surface area (Å²) in [5.74, 6) is 3.01. The second kappa shape index (κ2) is 5.19. The lowest BCUT2D eigenvalue weighted by atomic mass is 10.2. The number of benzene rings is 1. The highest BCUT2D eigenvalue weighted by Crippen LogP contribution is 2.32. The Balaban J connectivity index is 1.94. The quantitative estimate of drug-likeness (QED) is 0.811. The molecule has 1 fully saturated rings. The standard InChI is InChI=1S/C15H18N2S/c1-18-11-14-10-17(9-12-7-8-12)15(16-14)13-5-3-2-4-6-13/h2-6,10,12H,7-9,11H2,1H3. The molecule has 1 aliphatic rings. The van der Waals surface area contributed by atoms with Gasteiger partial charge in [0.2, 0.25) is 0 Å². The first-order valence-corrected chi connectivity index (χ1v) is 7.86. The molecule has 3 heteroatoms. The number of hydrogen-bond donors (Lipinski definition) is 0. The summed E-state index contributed by atoms with van der Waals surface area (Å²) < 4.78 is 2.35. The van der Waals surface area contributed by atoms with Crippen molar-refractivity contribution in [1.82, 2.24) is 9.55 Å². The van der Waals surface area contributed by atoms with E-state index in [2.05, 4.69) is 47.4 Å². The van der Waals surface area contributed by atoms with Crippen molar-refractivity contribution < 1.29 is 0 Å². The maximum atomic E-state index is 4.79. The Morgan fingerprint density at radius 1 is 1.28 bits per heavy atom. The fourth-order valence-electron chi connectivity index (χ4n) is 2.22. The minimum atomic E-state index is 0.879. The zero-order chi connectivity index (χ0) is 12.4. The van der Waals surface area contributed by atoms with Crippen LogP contribution in [0, 0.1) is 5.92 Å². The molecule has 1 aliphatic carbocycles. The Labute approximate surface area is 112 Å². The number of aromatic nitrogens is 2. The van der Waals surface area contributed by atoms with Gasteiger partial charge in [-0.1, -0.05) is 30.3 Å². The van der Waals surface area contributed by atoms with E-state index in [1.165, 1.54) is 24.1 Å². The molecule has 1 saturated carbocycles. The van der Waals surface area contributed by atoms with Crippen LogP contribution >= 0.6 is 11.8 Å². The zero-order valence-corrected chi connectivity index (χ0v) is 11.5. The predicted octanol–water partition coefficient (Wildman–Crippen LogP) is 3.82. The van der Waals surface area contributed by atoms with Crippen molar-refractivity contribution in [2.75, 3.05) is 6.26 Å². The van der Waals surface area contributed by atoms with Crippen LogP contribution in [0.3, 0.4) is 0 Å². The maximum absolute atomic E-state index is 4.79. The molecule has 0 N–H and O–H groups in total. The fourth-order valence-corrected chi connectivity index (χ4v) is 2.66. The third kappa shape index (κ3) is 2.61. The van der Waals surface area contributed by atoms with E-state index in [1.54, 1.807) is 0 Å². The highest BCUT2D eigenvalue weighted by atomic mass is 32.2. The third-order valence-electron chi connectivity index (χ3n) is 3.30. The van der Waals surface area contributed by atoms with Gasteiger partial charge < -0.3 is 4.57 Å². The van der Waals surface area contributed by atoms with Crippen LogP contribution in [0.4, 0.5) is 0 Å². The van der Waals surface area contributed by atoms with Crippen LogP contribution in [0.15, 0.2) is 36.5 Å². The van der Waals surface area contributed by atoms with Crippen LogP contribution in [0.5, 0.6) is 0 Å². The van der Waals surface area contributed by atoms with Crippen LogP contribution in [0.2, 0.25) is 0 Å². The second-order valence-electron chi connectivity index (χ2n) is 4.95. The van der Waals surface area contributed by atoms with E-state index in [1.807, 2.05) is 11.8 Å². The lowest BCUT2D eigenvalue weighted by Gasteiger charge is -2.06. The topological polar surface area (TPSA) is 17.8 Å². The van der Waals surface area contributed by atoms with Gasteiger partial charge in [-0.15, -0.1) is 0 Å². The predicted molar refractivity (Wildman–Crippen MR) is 77.6 cm³/mol. The highest BCUT2D eigenvalue weighted by Gasteiger charge is 2.23. The van der Waals surface area contributed by atoms with E-state index >= 15 is 0 Å². The van der Waals surface area contributed by atoms with Gasteiger partial charge in [0.1, 0.15) is 5.82 Å². The van der Waals surface area contributed by atoms with Crippen LogP contribution in [0.1, 0.15) is 18.5 Å². The Hall–Kier alpha value is -1.22. The van der Waals surface area contributed by atoms with E-state index in [9.17, 15) is 0 Å². The molecule has 0 saturated heterocycles. The Bertz CT molecular complexity index is 515. The second-order valence-corrected chi connectivity index (χ2v) is 5.82. The lowest BCUT2D eigenvalue weighted by Crippen LogP contribution is -2.00. The Morgan fingerprint density at radius 3 is 2.72 bits per heavy atom. The average Bonchev–Trinajstić information content (AvgIpc) is 3.12. The third-order valence-corrected chi connectivity index (χ3v) is 3.89. The van der Waals surface area contributed by atoms with Gasteiger partial charge in [-0.25, -0.2) is 4.98 Å². The molecule has 0 amide bonds. The summed E-state index contributed by atoms with van der Waals surface area (Å²) in [4.78, 5) is 4.79. The molecular formula is C15H18N2S. The van der Waals surface area contributed by atoms with Gasteiger partial charge in [0, 0.05) is 24.1 Å². The number of thioether (sulfide) groups is 1. The molecule has 94 valence electrons. The van der Waals surface area contributed by atoms with Gasteiger partial charge >= 0.3 is 0 Å². The molecule has 1 aromatic carbocycles. The van der Waals surface area contributed by atoms with Gasteiger partial charge in [0.15, 0.2) is 0 Å². The van der Waals surface area contributed by atoms with Crippen molar-refractivity contribution in [3.05, 3.63) is 42.2 Å². The van der Waals surface area contributed by atoms with Crippen LogP contribution in [0.25, 0.3) is 11.4 Å². The van der Waals surface area contributed by atoms with Gasteiger partial charge in [0.25, 0.3) is 0 Å². The summed E-state index contributed by atoms with van der Waals surface area (Å²) in [7, 11) is 0. The maximum Gasteiger partial charge on any atom is 0.140 e. The monoisotopic (exact) mass is 258 g/mol. The first-order valence-electron chi connectivity index (χ1n) is 6.47. The minimum Gasteiger partial charge on any atom is -0.330 e. The van der Waals surface area contributed by atoms with Crippen molar-refractivity contribution >= 4 is 11.8 Å². The molecule has 18 heavy (non-hydrogen) atoms. The number of imidazole rings is 1. The largest absolute Gasteiger partial charge is 0.330 e. The van der Waals surface area contributed by atoms with E-state index < -0.39 is 0 Å². The van der Waals surface area contributed by atoms with E-state index in [0.717, 1.165) is 24.0 Å². The SMILES string of the molecule is CSCc1cn(CC2CC2)c(-c2ccccc2)n1. The number of nitrogens with zero attached hydrogens (tertiary/aromatic N) is 2. The molecule has 0 atom stereocenters. The molecule has 0 radical (unpaired) electrons. The molecule has 2 aromatic rings. The first-order chi connectivity index (χ1) is 8.86. The molecule has 1 aromatic heterocycles. The smallest absolute Gasteiger partial charge is 0.140 e. The summed E-state index contributed by atoms with van der Waals surface area (Å²) in [6.07, 6.45) is 7.12. The van der Waals surface area contributed by atoms with Crippen LogP contribution in [-0.4, -0.2) is 15.8 Å². The highest BCUT2D eigenvalue weighted by molar-refractivity contribution is 7.97. The molecule has 1 heterocycles. The molecule has 2 nitrogen and oxygen atoms in total. The van der Waals surface area contributed by atoms with Gasteiger partial charge in [-0.2, -0.15) is 11.8 Å². The van der Waals surface area contributed by atoms with E-state index in [-0.39, 0.29) is 0 Å². The molecule has 0 aliphatic heterocycles. The first kappa shape index (κ1) is 11.8. The van der Waals surface area contributed by atoms with Gasteiger partial charge in [-0.05, 0) is 25.0 Å². The zero-order valence-electron chi connectivity index (χ0n) is 10.7. The Morgan fingerprint density at radius 2 is 2.06 bits per heavy atom. The minimum absolute atomic E-state index is 0.879. The van der Waals surface area contributed by atoms with Crippen molar-refractivity contribution in [3.63, 3.8) is 0 Å². The Kier molecular flexibility index (Phi) is 3.41. The van der Waals surface area contributed by atoms with Crippen LogP contribution < -0.4 is 0 Å². The van der Waals surface area contributed by atoms with E-state index in [4.69, 9.17) is 4.98 Å². The van der Waals surface area contributed by atoms with Crippen molar-refractivity contribution in [3.8, 4) is 11.4 Å². The fraction of sp³-hybridized carbons (Fsp3) is 0.400. The average molecular weight is 258 g/mol. The molecular weight excluding hydrogens is 240 g/mol. The summed E-state index contributed by atoms with van der Waals surface area (Å²) >= 11 is 1.83. The summed E-state index contributed by atoms with van der Waals surface area (Å²) in [5.41, 5.74) is 2.42. The lowest BCUT2D eigenvalue weighted by molar-refractivity contribution is 0.632. The molecule has 0 unspecified atom stereocenters. The molecule has 0 spiro atoms. The van der Waals surface area contributed by atoms with Crippen molar-refractivity contribution in [1.29, 1.82) is 0 Å². The number of hydrogen-bond acceptors (Lipinski definition) is 2. The summed E-state index contributed by atoms with van der Waals surface area (Å²) in [6, 6.07) is 10.5. The summed E-state index contributed by atoms with van der Waals surface area (Å²) in [6.45, 7) is 1.13. The van der Waals surface area contributed by atoms with Crippen molar-refractivity contribution in [2.45, 2.75) is 25.1 Å². The normalized spacial score (nSPS) is 14.9. The van der Waals surface area contributed by atoms with Crippen molar-refractivity contribution in [2.24, 2.45) is 5.92 Å². The molecule has 0 bridgehead atoms. The van der Waals surface area contributed by atoms with Gasteiger partial charge in [0.05, 0.1) is 5.69 Å². The summed E-state index contributed by atoms with van der Waals surface area (Å²) in [5, 5.41) is 0. The molecule has 3 rings (SSSR count). The van der Waals surface area contributed by atoms with Gasteiger partial charge in [-0.3, -0.25) is 0 Å².